The molecule has 1 N–H and O–H groups in total. The Labute approximate surface area is 263 Å². The number of pyridine rings is 1. The van der Waals surface area contributed by atoms with Gasteiger partial charge in [-0.2, -0.15) is 21.9 Å². The van der Waals surface area contributed by atoms with Crippen molar-refractivity contribution in [2.24, 2.45) is 4.36 Å². The Morgan fingerprint density at radius 1 is 1.04 bits per heavy atom. The highest BCUT2D eigenvalue weighted by Crippen LogP contribution is 2.36. The monoisotopic (exact) mass is 664 g/mol. The lowest BCUT2D eigenvalue weighted by Crippen LogP contribution is -2.43. The topological polar surface area (TPSA) is 127 Å². The number of hydrogen-bond donors (Lipinski definition) is 1. The van der Waals surface area contributed by atoms with E-state index in [2.05, 4.69) is 14.7 Å². The second-order valence-electron chi connectivity index (χ2n) is 11.6. The molecule has 2 atom stereocenters. The van der Waals surface area contributed by atoms with Crippen LogP contribution in [-0.2, 0) is 25.4 Å². The van der Waals surface area contributed by atoms with Crippen LogP contribution in [0.2, 0.25) is 0 Å². The highest BCUT2D eigenvalue weighted by molar-refractivity contribution is 7.93. The minimum Gasteiger partial charge on any atom is -0.455 e. The van der Waals surface area contributed by atoms with Gasteiger partial charge in [0, 0.05) is 23.4 Å². The fourth-order valence-electron chi connectivity index (χ4n) is 4.57. The van der Waals surface area contributed by atoms with E-state index < -0.39 is 62.7 Å². The highest BCUT2D eigenvalue weighted by atomic mass is 32.2. The third-order valence-corrected chi connectivity index (χ3v) is 8.39. The molecular weight excluding hydrogens is 632 g/mol. The second-order valence-corrected chi connectivity index (χ2v) is 13.8. The zero-order valence-electron chi connectivity index (χ0n) is 25.6. The second kappa shape index (κ2) is 13.1. The van der Waals surface area contributed by atoms with Gasteiger partial charge in [-0.1, -0.05) is 6.07 Å². The summed E-state index contributed by atoms with van der Waals surface area (Å²) in [5, 5.41) is 2.53. The molecular formula is C31H32F4N4O6S. The van der Waals surface area contributed by atoms with Crippen LogP contribution in [0.25, 0.3) is 0 Å². The standard InChI is InChI=1S/C31H32F4N4O6S/c1-18-24(13-14-26(32)36-18)44-25-16-19(31(33,34)35)11-12-22(25)27(40)37-20-8-6-9-21(17-20)46(5,43)38-28(41)23-10-7-15-39(23)29(42)45-30(2,3)4/h6,8-9,11-14,16-17,23H,7,10,15H2,1-5H3,(H,37,40)/t23-,46+/m0/s1. The minimum atomic E-state index is -4.75. The molecule has 10 nitrogen and oxygen atoms in total. The van der Waals surface area contributed by atoms with Gasteiger partial charge in [0.25, 0.3) is 11.8 Å². The number of benzene rings is 2. The number of carbonyl (C=O) groups excluding carboxylic acids is 3. The number of rotatable bonds is 6. The lowest BCUT2D eigenvalue weighted by Gasteiger charge is -2.27. The number of carbonyl (C=O) groups is 3. The molecule has 4 rings (SSSR count). The van der Waals surface area contributed by atoms with E-state index in [9.17, 15) is 36.2 Å². The molecule has 1 fully saturated rings. The molecule has 246 valence electrons. The number of likely N-dealkylation sites (tertiary alicyclic amines) is 1. The fraction of sp³-hybridized carbons (Fsp3) is 0.355. The van der Waals surface area contributed by atoms with Gasteiger partial charge in [-0.15, -0.1) is 0 Å². The van der Waals surface area contributed by atoms with Crippen LogP contribution in [0.5, 0.6) is 11.5 Å². The van der Waals surface area contributed by atoms with Crippen LogP contribution in [-0.4, -0.2) is 56.4 Å². The number of amides is 3. The molecule has 0 saturated carbocycles. The largest absolute Gasteiger partial charge is 0.455 e. The summed E-state index contributed by atoms with van der Waals surface area (Å²) in [5.74, 6) is -2.99. The van der Waals surface area contributed by atoms with Gasteiger partial charge in [-0.05, 0) is 89.1 Å². The third-order valence-electron chi connectivity index (χ3n) is 6.74. The summed E-state index contributed by atoms with van der Waals surface area (Å²) in [5.41, 5.74) is -2.01. The van der Waals surface area contributed by atoms with Gasteiger partial charge >= 0.3 is 12.3 Å². The smallest absolute Gasteiger partial charge is 0.416 e. The normalized spacial score (nSPS) is 16.4. The summed E-state index contributed by atoms with van der Waals surface area (Å²) in [6.07, 6.45) is -3.34. The van der Waals surface area contributed by atoms with Gasteiger partial charge in [0.2, 0.25) is 5.95 Å². The van der Waals surface area contributed by atoms with Crippen molar-refractivity contribution in [1.82, 2.24) is 9.88 Å². The molecule has 0 radical (unpaired) electrons. The van der Waals surface area contributed by atoms with Crippen molar-refractivity contribution in [1.29, 1.82) is 0 Å². The van der Waals surface area contributed by atoms with Crippen LogP contribution < -0.4 is 10.1 Å². The summed E-state index contributed by atoms with van der Waals surface area (Å²) in [6, 6.07) is 9.11. The predicted molar refractivity (Wildman–Crippen MR) is 161 cm³/mol. The number of nitrogens with zero attached hydrogens (tertiary/aromatic N) is 3. The summed E-state index contributed by atoms with van der Waals surface area (Å²) >= 11 is 0. The first-order valence-corrected chi connectivity index (χ1v) is 16.0. The summed E-state index contributed by atoms with van der Waals surface area (Å²) < 4.78 is 82.5. The van der Waals surface area contributed by atoms with Gasteiger partial charge in [0.1, 0.15) is 23.1 Å². The van der Waals surface area contributed by atoms with E-state index in [-0.39, 0.29) is 34.1 Å². The number of alkyl halides is 3. The summed E-state index contributed by atoms with van der Waals surface area (Å²) in [4.78, 5) is 43.9. The molecule has 3 amide bonds. The first kappa shape index (κ1) is 34.3. The Hall–Kier alpha value is -4.53. The van der Waals surface area contributed by atoms with Gasteiger partial charge < -0.3 is 14.8 Å². The maximum atomic E-state index is 13.6. The Kier molecular flexibility index (Phi) is 9.75. The molecule has 46 heavy (non-hydrogen) atoms. The molecule has 0 spiro atoms. The average molecular weight is 665 g/mol. The van der Waals surface area contributed by atoms with Crippen LogP contribution in [0, 0.1) is 12.9 Å². The molecule has 1 aliphatic rings. The van der Waals surface area contributed by atoms with Crippen molar-refractivity contribution in [2.75, 3.05) is 18.1 Å². The molecule has 2 aromatic carbocycles. The van der Waals surface area contributed by atoms with Crippen LogP contribution >= 0.6 is 0 Å². The molecule has 0 unspecified atom stereocenters. The minimum absolute atomic E-state index is 0.0410. The lowest BCUT2D eigenvalue weighted by molar-refractivity contribution is -0.137. The number of aromatic nitrogens is 1. The summed E-state index contributed by atoms with van der Waals surface area (Å²) in [7, 11) is -3.38. The predicted octanol–water partition coefficient (Wildman–Crippen LogP) is 6.98. The Morgan fingerprint density at radius 3 is 2.41 bits per heavy atom. The van der Waals surface area contributed by atoms with E-state index in [1.165, 1.54) is 48.4 Å². The van der Waals surface area contributed by atoms with E-state index in [0.717, 1.165) is 12.1 Å². The number of anilines is 1. The van der Waals surface area contributed by atoms with E-state index in [1.807, 2.05) is 0 Å². The number of aryl methyl sites for hydroxylation is 1. The van der Waals surface area contributed by atoms with Crippen molar-refractivity contribution >= 4 is 33.3 Å². The SMILES string of the molecule is Cc1nc(F)ccc1Oc1cc(C(F)(F)F)ccc1C(=O)Nc1cccc([S@@](C)(=O)=NC(=O)[C@@H]2CCCN2C(=O)OC(C)(C)C)c1. The molecule has 15 heteroatoms. The van der Waals surface area contributed by atoms with Crippen LogP contribution in [0.15, 0.2) is 63.9 Å². The molecule has 2 heterocycles. The van der Waals surface area contributed by atoms with Gasteiger partial charge in [0.05, 0.1) is 26.5 Å². The number of nitrogens with one attached hydrogen (secondary N) is 1. The van der Waals surface area contributed by atoms with Crippen LogP contribution in [0.1, 0.15) is 55.2 Å². The molecule has 0 aliphatic carbocycles. The van der Waals surface area contributed by atoms with E-state index in [4.69, 9.17) is 9.47 Å². The molecule has 1 aliphatic heterocycles. The van der Waals surface area contributed by atoms with E-state index in [0.29, 0.717) is 25.0 Å². The fourth-order valence-corrected chi connectivity index (χ4v) is 5.82. The van der Waals surface area contributed by atoms with Crippen molar-refractivity contribution < 1.29 is 45.6 Å². The Bertz CT molecular complexity index is 1800. The van der Waals surface area contributed by atoms with Crippen LogP contribution in [0.4, 0.5) is 28.0 Å². The van der Waals surface area contributed by atoms with Crippen molar-refractivity contribution in [3.8, 4) is 11.5 Å². The zero-order chi connectivity index (χ0) is 34.0. The Morgan fingerprint density at radius 2 is 1.76 bits per heavy atom. The van der Waals surface area contributed by atoms with Crippen molar-refractivity contribution in [3.63, 3.8) is 0 Å². The third kappa shape index (κ3) is 8.38. The first-order valence-electron chi connectivity index (χ1n) is 14.0. The number of ether oxygens (including phenoxy) is 2. The molecule has 0 bridgehead atoms. The average Bonchev–Trinajstić information content (AvgIpc) is 3.44. The first-order chi connectivity index (χ1) is 21.3. The Balaban J connectivity index is 1.59. The lowest BCUT2D eigenvalue weighted by atomic mass is 10.1. The van der Waals surface area contributed by atoms with Gasteiger partial charge in [-0.3, -0.25) is 14.5 Å². The molecule has 1 aromatic heterocycles. The maximum absolute atomic E-state index is 13.6. The van der Waals surface area contributed by atoms with Crippen LogP contribution in [0.3, 0.4) is 0 Å². The van der Waals surface area contributed by atoms with Gasteiger partial charge in [0.15, 0.2) is 0 Å². The van der Waals surface area contributed by atoms with Crippen molar-refractivity contribution in [3.05, 3.63) is 77.4 Å². The van der Waals surface area contributed by atoms with Crippen molar-refractivity contribution in [2.45, 2.75) is 63.3 Å². The van der Waals surface area contributed by atoms with E-state index >= 15 is 0 Å². The number of hydrogen-bond acceptors (Lipinski definition) is 7. The van der Waals surface area contributed by atoms with E-state index in [1.54, 1.807) is 20.8 Å². The molecule has 3 aromatic rings. The summed E-state index contributed by atoms with van der Waals surface area (Å²) in [6.45, 7) is 6.75. The highest BCUT2D eigenvalue weighted by Gasteiger charge is 2.37. The maximum Gasteiger partial charge on any atom is 0.416 e. The zero-order valence-corrected chi connectivity index (χ0v) is 26.4. The quantitative estimate of drug-likeness (QED) is 0.223. The number of halogens is 4. The van der Waals surface area contributed by atoms with Gasteiger partial charge in [-0.25, -0.2) is 14.0 Å². The molecule has 1 saturated heterocycles.